The van der Waals surface area contributed by atoms with E-state index < -0.39 is 24.1 Å². The summed E-state index contributed by atoms with van der Waals surface area (Å²) >= 11 is 0. The molecule has 1 aromatic carbocycles. The molecule has 0 heterocycles. The van der Waals surface area contributed by atoms with E-state index >= 15 is 0 Å². The monoisotopic (exact) mass is 498 g/mol. The minimum Gasteiger partial charge on any atom is -0.493 e. The lowest BCUT2D eigenvalue weighted by Crippen LogP contribution is -2.40. The van der Waals surface area contributed by atoms with Crippen LogP contribution in [-0.2, 0) is 23.9 Å². The zero-order valence-electron chi connectivity index (χ0n) is 22.3. The van der Waals surface area contributed by atoms with Crippen molar-refractivity contribution in [2.75, 3.05) is 7.11 Å². The fourth-order valence-corrected chi connectivity index (χ4v) is 4.38. The number of hydrogen-bond donors (Lipinski definition) is 0. The molecule has 0 amide bonds. The molecule has 7 heteroatoms. The highest BCUT2D eigenvalue weighted by Gasteiger charge is 2.36. The van der Waals surface area contributed by atoms with Crippen LogP contribution in [0.4, 0.5) is 0 Å². The maximum absolute atomic E-state index is 12.9. The number of ether oxygens (including phenoxy) is 4. The normalized spacial score (nSPS) is 23.7. The third-order valence-corrected chi connectivity index (χ3v) is 6.00. The van der Waals surface area contributed by atoms with Crippen LogP contribution in [0.1, 0.15) is 66.4 Å². The van der Waals surface area contributed by atoms with Gasteiger partial charge in [-0.2, -0.15) is 0 Å². The van der Waals surface area contributed by atoms with Crippen molar-refractivity contribution in [3.05, 3.63) is 53.1 Å². The Kier molecular flexibility index (Phi) is 11.0. The van der Waals surface area contributed by atoms with Gasteiger partial charge >= 0.3 is 17.9 Å². The Labute approximate surface area is 214 Å². The van der Waals surface area contributed by atoms with Crippen LogP contribution in [0.25, 0.3) is 6.08 Å². The summed E-state index contributed by atoms with van der Waals surface area (Å²) in [4.78, 5) is 36.1. The molecule has 0 saturated heterocycles. The van der Waals surface area contributed by atoms with Crippen LogP contribution in [0.3, 0.4) is 0 Å². The van der Waals surface area contributed by atoms with Gasteiger partial charge in [0.15, 0.2) is 11.5 Å². The summed E-state index contributed by atoms with van der Waals surface area (Å²) in [6.45, 7) is 10.9. The van der Waals surface area contributed by atoms with Gasteiger partial charge in [0.2, 0.25) is 0 Å². The minimum absolute atomic E-state index is 0.0884. The van der Waals surface area contributed by atoms with Crippen molar-refractivity contribution in [1.82, 2.24) is 0 Å². The molecule has 0 N–H and O–H groups in total. The molecule has 7 nitrogen and oxygen atoms in total. The Hall–Kier alpha value is -3.35. The van der Waals surface area contributed by atoms with Gasteiger partial charge in [-0.15, -0.1) is 0 Å². The molecule has 0 aromatic heterocycles. The standard InChI is InChI=1S/C29H38O7/c1-18(2)29-26(35-22(6)31)15-19(3)9-8-10-20(4)16-27(29)36-28(32)14-12-23-11-13-24(34-21(5)30)25(17-23)33-7/h10-15,17-18,26-27,29H,8-9,16H2,1-7H3/b14-12+,19-15+,20-10+/t26-,27-,29-/m0/s1. The molecular formula is C29H38O7. The molecular weight excluding hydrogens is 460 g/mol. The van der Waals surface area contributed by atoms with Crippen LogP contribution >= 0.6 is 0 Å². The quantitative estimate of drug-likeness (QED) is 0.202. The van der Waals surface area contributed by atoms with Crippen LogP contribution in [0.2, 0.25) is 0 Å². The number of carbonyl (C=O) groups is 3. The Balaban J connectivity index is 2.31. The molecule has 36 heavy (non-hydrogen) atoms. The maximum Gasteiger partial charge on any atom is 0.331 e. The summed E-state index contributed by atoms with van der Waals surface area (Å²) in [6.07, 6.45) is 8.48. The van der Waals surface area contributed by atoms with Gasteiger partial charge in [0.05, 0.1) is 7.11 Å². The Bertz CT molecular complexity index is 1030. The van der Waals surface area contributed by atoms with Crippen molar-refractivity contribution in [3.63, 3.8) is 0 Å². The van der Waals surface area contributed by atoms with Crippen molar-refractivity contribution >= 4 is 24.0 Å². The zero-order valence-corrected chi connectivity index (χ0v) is 22.3. The van der Waals surface area contributed by atoms with Crippen molar-refractivity contribution in [2.24, 2.45) is 11.8 Å². The second kappa shape index (κ2) is 13.7. The fourth-order valence-electron chi connectivity index (χ4n) is 4.38. The summed E-state index contributed by atoms with van der Waals surface area (Å²) < 4.78 is 22.1. The van der Waals surface area contributed by atoms with E-state index in [0.717, 1.165) is 24.0 Å². The molecule has 1 aliphatic carbocycles. The highest BCUT2D eigenvalue weighted by Crippen LogP contribution is 2.32. The number of methoxy groups -OCH3 is 1. The van der Waals surface area contributed by atoms with Gasteiger partial charge in [-0.25, -0.2) is 4.79 Å². The van der Waals surface area contributed by atoms with Crippen LogP contribution in [0.15, 0.2) is 47.6 Å². The summed E-state index contributed by atoms with van der Waals surface area (Å²) in [6, 6.07) is 4.98. The predicted octanol–water partition coefficient (Wildman–Crippen LogP) is 5.83. The molecule has 0 aliphatic heterocycles. The molecule has 196 valence electrons. The molecule has 3 atom stereocenters. The third kappa shape index (κ3) is 9.02. The number of carbonyl (C=O) groups excluding carboxylic acids is 3. The summed E-state index contributed by atoms with van der Waals surface area (Å²) in [7, 11) is 1.47. The first-order valence-corrected chi connectivity index (χ1v) is 12.3. The van der Waals surface area contributed by atoms with Gasteiger partial charge < -0.3 is 18.9 Å². The Morgan fingerprint density at radius 2 is 1.72 bits per heavy atom. The average molecular weight is 499 g/mol. The van der Waals surface area contributed by atoms with E-state index in [9.17, 15) is 14.4 Å². The molecule has 1 aliphatic rings. The average Bonchev–Trinajstić information content (AvgIpc) is 2.76. The minimum atomic E-state index is -0.499. The van der Waals surface area contributed by atoms with Gasteiger partial charge in [-0.05, 0) is 62.5 Å². The molecule has 0 radical (unpaired) electrons. The highest BCUT2D eigenvalue weighted by atomic mass is 16.6. The lowest BCUT2D eigenvalue weighted by Gasteiger charge is -2.35. The molecule has 0 bridgehead atoms. The lowest BCUT2D eigenvalue weighted by atomic mass is 9.81. The SMILES string of the molecule is COc1cc(/C=C/C(=O)O[C@H]2C/C(C)=C/CC/C(C)=C/[C@H](OC(C)=O)[C@@H]2C(C)C)ccc1OC(C)=O. The molecule has 0 saturated carbocycles. The van der Waals surface area contributed by atoms with E-state index in [1.54, 1.807) is 24.3 Å². The van der Waals surface area contributed by atoms with Crippen molar-refractivity contribution < 1.29 is 33.3 Å². The van der Waals surface area contributed by atoms with E-state index in [-0.39, 0.29) is 17.8 Å². The number of hydrogen-bond acceptors (Lipinski definition) is 7. The summed E-state index contributed by atoms with van der Waals surface area (Å²) in [5, 5.41) is 0. The van der Waals surface area contributed by atoms with E-state index in [0.29, 0.717) is 23.5 Å². The van der Waals surface area contributed by atoms with Crippen LogP contribution in [-0.4, -0.2) is 37.2 Å². The zero-order chi connectivity index (χ0) is 26.8. The summed E-state index contributed by atoms with van der Waals surface area (Å²) in [5.74, 6) is -0.771. The van der Waals surface area contributed by atoms with Gasteiger partial charge in [0.1, 0.15) is 12.2 Å². The number of rotatable bonds is 7. The van der Waals surface area contributed by atoms with Crippen molar-refractivity contribution in [3.8, 4) is 11.5 Å². The number of esters is 3. The van der Waals surface area contributed by atoms with Crippen molar-refractivity contribution in [1.29, 1.82) is 0 Å². The van der Waals surface area contributed by atoms with E-state index in [4.69, 9.17) is 18.9 Å². The second-order valence-corrected chi connectivity index (χ2v) is 9.51. The Morgan fingerprint density at radius 3 is 2.33 bits per heavy atom. The van der Waals surface area contributed by atoms with Crippen LogP contribution in [0.5, 0.6) is 11.5 Å². The molecule has 0 spiro atoms. The largest absolute Gasteiger partial charge is 0.493 e. The first-order valence-electron chi connectivity index (χ1n) is 12.3. The van der Waals surface area contributed by atoms with Gasteiger partial charge in [-0.1, -0.05) is 37.1 Å². The van der Waals surface area contributed by atoms with E-state index in [2.05, 4.69) is 6.08 Å². The third-order valence-electron chi connectivity index (χ3n) is 6.00. The first kappa shape index (κ1) is 28.9. The lowest BCUT2D eigenvalue weighted by molar-refractivity contribution is -0.156. The molecule has 0 fully saturated rings. The predicted molar refractivity (Wildman–Crippen MR) is 138 cm³/mol. The summed E-state index contributed by atoms with van der Waals surface area (Å²) in [5.41, 5.74) is 2.94. The van der Waals surface area contributed by atoms with Crippen LogP contribution in [0, 0.1) is 11.8 Å². The maximum atomic E-state index is 12.9. The second-order valence-electron chi connectivity index (χ2n) is 9.51. The van der Waals surface area contributed by atoms with E-state index in [1.807, 2.05) is 33.8 Å². The van der Waals surface area contributed by atoms with Gasteiger partial charge in [0.25, 0.3) is 0 Å². The Morgan fingerprint density at radius 1 is 1.00 bits per heavy atom. The van der Waals surface area contributed by atoms with Gasteiger partial charge in [0, 0.05) is 32.3 Å². The highest BCUT2D eigenvalue weighted by molar-refractivity contribution is 5.87. The van der Waals surface area contributed by atoms with Crippen LogP contribution < -0.4 is 9.47 Å². The number of benzene rings is 1. The fraction of sp³-hybridized carbons (Fsp3) is 0.483. The molecule has 1 aromatic rings. The number of allylic oxidation sites excluding steroid dienone is 2. The van der Waals surface area contributed by atoms with Gasteiger partial charge in [-0.3, -0.25) is 9.59 Å². The molecule has 2 rings (SSSR count). The first-order chi connectivity index (χ1) is 17.0. The van der Waals surface area contributed by atoms with Crippen molar-refractivity contribution in [2.45, 2.75) is 73.0 Å². The topological polar surface area (TPSA) is 88.1 Å². The molecule has 0 unspecified atom stereocenters. The smallest absolute Gasteiger partial charge is 0.331 e. The van der Waals surface area contributed by atoms with E-state index in [1.165, 1.54) is 27.0 Å².